The molecule has 0 amide bonds. The summed E-state index contributed by atoms with van der Waals surface area (Å²) in [5.74, 6) is -0.818. The van der Waals surface area contributed by atoms with E-state index < -0.39 is 6.10 Å². The first-order valence-corrected chi connectivity index (χ1v) is 36.5. The second-order valence-electron chi connectivity index (χ2n) is 25.2. The van der Waals surface area contributed by atoms with Gasteiger partial charge in [0.25, 0.3) is 0 Å². The van der Waals surface area contributed by atoms with Gasteiger partial charge >= 0.3 is 17.9 Å². The SMILES string of the molecule is CCCCCCCCCCCCCCCCCCCCCCCCCCCCCCC(=O)OCC(COC(=O)CCCCCCCCCCCCCCCCC)OC(=O)CCCCCCCCCCCCCCCCCCCC. The quantitative estimate of drug-likeness (QED) is 0.0343. The van der Waals surface area contributed by atoms with E-state index in [1.54, 1.807) is 0 Å². The van der Waals surface area contributed by atoms with Crippen LogP contribution in [0.2, 0.25) is 0 Å². The fraction of sp³-hybridized carbons (Fsp3) is 0.959. The van der Waals surface area contributed by atoms with E-state index in [9.17, 15) is 14.4 Å². The molecule has 0 fully saturated rings. The molecule has 79 heavy (non-hydrogen) atoms. The van der Waals surface area contributed by atoms with Crippen LogP contribution >= 0.6 is 0 Å². The Balaban J connectivity index is 4.17. The van der Waals surface area contributed by atoms with Gasteiger partial charge in [-0.1, -0.05) is 393 Å². The number of hydrogen-bond acceptors (Lipinski definition) is 6. The third kappa shape index (κ3) is 67.1. The zero-order valence-electron chi connectivity index (χ0n) is 54.2. The van der Waals surface area contributed by atoms with Gasteiger partial charge in [0.05, 0.1) is 0 Å². The topological polar surface area (TPSA) is 78.9 Å². The van der Waals surface area contributed by atoms with Gasteiger partial charge in [-0.25, -0.2) is 0 Å². The summed E-state index contributed by atoms with van der Waals surface area (Å²) in [5.41, 5.74) is 0. The molecule has 6 heteroatoms. The molecule has 0 aromatic heterocycles. The van der Waals surface area contributed by atoms with Gasteiger partial charge in [-0.2, -0.15) is 0 Å². The molecular formula is C73H142O6. The standard InChI is InChI=1S/C73H142O6/c1-4-7-10-13-16-19-22-25-28-30-32-33-34-35-36-37-38-39-40-41-43-45-48-51-54-57-60-63-66-72(75)78-69-70(68-77-71(74)65-62-59-56-53-50-47-44-27-24-21-18-15-12-9-6-3)79-73(76)67-64-61-58-55-52-49-46-42-31-29-26-23-20-17-14-11-8-5-2/h70H,4-69H2,1-3H3. The van der Waals surface area contributed by atoms with Crippen LogP contribution in [0.1, 0.15) is 432 Å². The Hall–Kier alpha value is -1.59. The summed E-state index contributed by atoms with van der Waals surface area (Å²) < 4.78 is 17.0. The van der Waals surface area contributed by atoms with Crippen LogP contribution in [-0.2, 0) is 28.6 Å². The number of ether oxygens (including phenoxy) is 3. The van der Waals surface area contributed by atoms with E-state index in [4.69, 9.17) is 14.2 Å². The normalized spacial score (nSPS) is 11.9. The number of carbonyl (C=O) groups is 3. The lowest BCUT2D eigenvalue weighted by atomic mass is 10.0. The van der Waals surface area contributed by atoms with Crippen molar-refractivity contribution >= 4 is 17.9 Å². The highest BCUT2D eigenvalue weighted by Gasteiger charge is 2.20. The zero-order chi connectivity index (χ0) is 57.1. The van der Waals surface area contributed by atoms with Crippen molar-refractivity contribution in [2.24, 2.45) is 0 Å². The Morgan fingerprint density at radius 3 is 0.506 bits per heavy atom. The number of unbranched alkanes of at least 4 members (excludes halogenated alkanes) is 58. The highest BCUT2D eigenvalue weighted by Crippen LogP contribution is 2.20. The molecule has 0 radical (unpaired) electrons. The molecule has 0 spiro atoms. The molecule has 0 aromatic carbocycles. The van der Waals surface area contributed by atoms with Crippen molar-refractivity contribution in [3.05, 3.63) is 0 Å². The largest absolute Gasteiger partial charge is 0.462 e. The smallest absolute Gasteiger partial charge is 0.306 e. The molecule has 0 aliphatic rings. The predicted molar refractivity (Wildman–Crippen MR) is 344 cm³/mol. The molecule has 0 N–H and O–H groups in total. The van der Waals surface area contributed by atoms with Gasteiger partial charge in [0.2, 0.25) is 0 Å². The van der Waals surface area contributed by atoms with Crippen LogP contribution in [0.25, 0.3) is 0 Å². The predicted octanol–water partition coefficient (Wildman–Crippen LogP) is 25.0. The van der Waals surface area contributed by atoms with E-state index in [1.807, 2.05) is 0 Å². The van der Waals surface area contributed by atoms with Crippen molar-refractivity contribution in [1.82, 2.24) is 0 Å². The molecule has 1 atom stereocenters. The fourth-order valence-electron chi connectivity index (χ4n) is 11.6. The minimum absolute atomic E-state index is 0.0600. The molecule has 0 saturated heterocycles. The maximum Gasteiger partial charge on any atom is 0.306 e. The van der Waals surface area contributed by atoms with Gasteiger partial charge in [-0.15, -0.1) is 0 Å². The van der Waals surface area contributed by atoms with Crippen LogP contribution in [0, 0.1) is 0 Å². The summed E-state index contributed by atoms with van der Waals surface area (Å²) in [5, 5.41) is 0. The summed E-state index contributed by atoms with van der Waals surface area (Å²) >= 11 is 0. The van der Waals surface area contributed by atoms with Gasteiger partial charge in [0, 0.05) is 19.3 Å². The van der Waals surface area contributed by atoms with Crippen LogP contribution in [0.3, 0.4) is 0 Å². The molecular weight excluding hydrogens is 973 g/mol. The number of rotatable bonds is 69. The van der Waals surface area contributed by atoms with Crippen molar-refractivity contribution in [2.45, 2.75) is 438 Å². The van der Waals surface area contributed by atoms with E-state index in [1.165, 1.54) is 334 Å². The van der Waals surface area contributed by atoms with Gasteiger partial charge in [0.15, 0.2) is 6.10 Å². The lowest BCUT2D eigenvalue weighted by Crippen LogP contribution is -2.30. The average molecular weight is 1120 g/mol. The van der Waals surface area contributed by atoms with Crippen LogP contribution in [-0.4, -0.2) is 37.2 Å². The van der Waals surface area contributed by atoms with Crippen molar-refractivity contribution in [3.63, 3.8) is 0 Å². The number of hydrogen-bond donors (Lipinski definition) is 0. The van der Waals surface area contributed by atoms with Gasteiger partial charge in [0.1, 0.15) is 13.2 Å². The van der Waals surface area contributed by atoms with Crippen molar-refractivity contribution in [1.29, 1.82) is 0 Å². The lowest BCUT2D eigenvalue weighted by Gasteiger charge is -2.18. The molecule has 0 aliphatic carbocycles. The van der Waals surface area contributed by atoms with Crippen LogP contribution in [0.4, 0.5) is 0 Å². The van der Waals surface area contributed by atoms with E-state index in [-0.39, 0.29) is 31.1 Å². The molecule has 1 unspecified atom stereocenters. The highest BCUT2D eigenvalue weighted by atomic mass is 16.6. The Morgan fingerprint density at radius 1 is 0.203 bits per heavy atom. The minimum atomic E-state index is -0.763. The monoisotopic (exact) mass is 1120 g/mol. The third-order valence-corrected chi connectivity index (χ3v) is 17.1. The van der Waals surface area contributed by atoms with Crippen molar-refractivity contribution in [2.75, 3.05) is 13.2 Å². The lowest BCUT2D eigenvalue weighted by molar-refractivity contribution is -0.167. The van der Waals surface area contributed by atoms with Crippen LogP contribution in [0.15, 0.2) is 0 Å². The Bertz CT molecular complexity index is 1190. The van der Waals surface area contributed by atoms with Gasteiger partial charge in [-0.3, -0.25) is 14.4 Å². The van der Waals surface area contributed by atoms with Gasteiger partial charge < -0.3 is 14.2 Å². The second-order valence-corrected chi connectivity index (χ2v) is 25.2. The second kappa shape index (κ2) is 68.9. The molecule has 470 valence electrons. The fourth-order valence-corrected chi connectivity index (χ4v) is 11.6. The molecule has 0 aromatic rings. The summed E-state index contributed by atoms with van der Waals surface area (Å²) in [7, 11) is 0. The Labute approximate surface area is 495 Å². The molecule has 0 aliphatic heterocycles. The zero-order valence-corrected chi connectivity index (χ0v) is 54.2. The Kier molecular flexibility index (Phi) is 67.5. The summed E-state index contributed by atoms with van der Waals surface area (Å²) in [4.78, 5) is 38.4. The summed E-state index contributed by atoms with van der Waals surface area (Å²) in [6.07, 6.45) is 81.4. The number of esters is 3. The molecule has 0 heterocycles. The highest BCUT2D eigenvalue weighted by molar-refractivity contribution is 5.71. The van der Waals surface area contributed by atoms with Gasteiger partial charge in [-0.05, 0) is 19.3 Å². The third-order valence-electron chi connectivity index (χ3n) is 17.1. The minimum Gasteiger partial charge on any atom is -0.462 e. The maximum atomic E-state index is 12.9. The number of carbonyl (C=O) groups excluding carboxylic acids is 3. The summed E-state index contributed by atoms with van der Waals surface area (Å²) in [6, 6.07) is 0. The first-order valence-electron chi connectivity index (χ1n) is 36.5. The van der Waals surface area contributed by atoms with Crippen LogP contribution in [0.5, 0.6) is 0 Å². The van der Waals surface area contributed by atoms with Crippen molar-refractivity contribution in [3.8, 4) is 0 Å². The van der Waals surface area contributed by atoms with Crippen molar-refractivity contribution < 1.29 is 28.6 Å². The van der Waals surface area contributed by atoms with E-state index in [0.717, 1.165) is 57.8 Å². The van der Waals surface area contributed by atoms with E-state index in [2.05, 4.69) is 20.8 Å². The molecule has 6 nitrogen and oxygen atoms in total. The first kappa shape index (κ1) is 77.4. The maximum absolute atomic E-state index is 12.9. The first-order chi connectivity index (χ1) is 39.0. The Morgan fingerprint density at radius 2 is 0.342 bits per heavy atom. The molecule has 0 saturated carbocycles. The van der Waals surface area contributed by atoms with E-state index in [0.29, 0.717) is 19.3 Å². The van der Waals surface area contributed by atoms with E-state index >= 15 is 0 Å². The molecule has 0 rings (SSSR count). The summed E-state index contributed by atoms with van der Waals surface area (Å²) in [6.45, 7) is 6.75. The average Bonchev–Trinajstić information content (AvgIpc) is 3.45. The molecule has 0 bridgehead atoms. The van der Waals surface area contributed by atoms with Crippen LogP contribution < -0.4 is 0 Å².